The molecule has 0 saturated carbocycles. The molecule has 0 saturated heterocycles. The monoisotopic (exact) mass is 334 g/mol. The molecule has 1 amide bonds. The number of halogens is 1. The van der Waals surface area contributed by atoms with Crippen molar-refractivity contribution in [3.8, 4) is 11.3 Å². The van der Waals surface area contributed by atoms with E-state index in [2.05, 4.69) is 15.3 Å². The zero-order valence-corrected chi connectivity index (χ0v) is 13.8. The number of rotatable bonds is 5. The van der Waals surface area contributed by atoms with Crippen LogP contribution in [-0.2, 0) is 0 Å². The van der Waals surface area contributed by atoms with Gasteiger partial charge in [-0.25, -0.2) is 9.97 Å². The van der Waals surface area contributed by atoms with Gasteiger partial charge in [0.2, 0.25) is 0 Å². The van der Waals surface area contributed by atoms with E-state index in [9.17, 15) is 9.90 Å². The van der Waals surface area contributed by atoms with Gasteiger partial charge in [0.1, 0.15) is 0 Å². The van der Waals surface area contributed by atoms with Crippen molar-refractivity contribution in [2.75, 3.05) is 18.9 Å². The number of hydrogen-bond acceptors (Lipinski definition) is 5. The number of nitrogens with two attached hydrogens (primary N) is 1. The second kappa shape index (κ2) is 6.93. The van der Waals surface area contributed by atoms with E-state index in [0.717, 1.165) is 5.56 Å². The second-order valence-corrected chi connectivity index (χ2v) is 6.44. The van der Waals surface area contributed by atoms with Crippen molar-refractivity contribution in [1.29, 1.82) is 0 Å². The van der Waals surface area contributed by atoms with Crippen LogP contribution in [0.25, 0.3) is 11.3 Å². The highest BCUT2D eigenvalue weighted by atomic mass is 35.5. The van der Waals surface area contributed by atoms with Crippen LogP contribution in [0, 0.1) is 5.41 Å². The number of anilines is 1. The van der Waals surface area contributed by atoms with Gasteiger partial charge in [0.25, 0.3) is 5.91 Å². The number of aromatic nitrogens is 2. The molecule has 7 heteroatoms. The normalized spacial score (nSPS) is 11.3. The fourth-order valence-electron chi connectivity index (χ4n) is 1.81. The Kier molecular flexibility index (Phi) is 5.18. The van der Waals surface area contributed by atoms with Crippen molar-refractivity contribution >= 4 is 23.3 Å². The van der Waals surface area contributed by atoms with Crippen molar-refractivity contribution in [3.63, 3.8) is 0 Å². The van der Waals surface area contributed by atoms with E-state index in [0.29, 0.717) is 17.3 Å². The summed E-state index contributed by atoms with van der Waals surface area (Å²) >= 11 is 5.97. The Morgan fingerprint density at radius 2 is 2.17 bits per heavy atom. The Balaban J connectivity index is 2.25. The molecule has 122 valence electrons. The molecular formula is C16H19ClN4O2. The van der Waals surface area contributed by atoms with Gasteiger partial charge in [-0.05, 0) is 12.1 Å². The zero-order valence-electron chi connectivity index (χ0n) is 13.0. The van der Waals surface area contributed by atoms with Crippen molar-refractivity contribution < 1.29 is 9.90 Å². The van der Waals surface area contributed by atoms with Gasteiger partial charge in [0.15, 0.2) is 11.5 Å². The van der Waals surface area contributed by atoms with Crippen molar-refractivity contribution in [1.82, 2.24) is 15.3 Å². The number of hydrogen-bond donors (Lipinski definition) is 3. The van der Waals surface area contributed by atoms with Crippen LogP contribution in [0.5, 0.6) is 0 Å². The quantitative estimate of drug-likeness (QED) is 0.777. The van der Waals surface area contributed by atoms with Crippen LogP contribution in [-0.4, -0.2) is 34.1 Å². The Labute approximate surface area is 139 Å². The minimum Gasteiger partial charge on any atom is -0.396 e. The van der Waals surface area contributed by atoms with Crippen LogP contribution in [0.4, 0.5) is 5.82 Å². The van der Waals surface area contributed by atoms with E-state index in [1.54, 1.807) is 18.2 Å². The molecule has 4 N–H and O–H groups in total. The molecule has 0 fully saturated rings. The molecule has 0 atom stereocenters. The van der Waals surface area contributed by atoms with Crippen LogP contribution in [0.15, 0.2) is 30.5 Å². The fourth-order valence-corrected chi connectivity index (χ4v) is 2.00. The first-order valence-corrected chi connectivity index (χ1v) is 7.48. The molecule has 2 rings (SSSR count). The Bertz CT molecular complexity index is 719. The number of carbonyl (C=O) groups excluding carboxylic acids is 1. The number of benzene rings is 1. The Morgan fingerprint density at radius 3 is 2.83 bits per heavy atom. The van der Waals surface area contributed by atoms with Crippen molar-refractivity contribution in [2.45, 2.75) is 13.8 Å². The summed E-state index contributed by atoms with van der Waals surface area (Å²) in [5.41, 5.74) is 6.64. The lowest BCUT2D eigenvalue weighted by molar-refractivity contribution is 0.0907. The van der Waals surface area contributed by atoms with E-state index < -0.39 is 11.3 Å². The number of nitrogen functional groups attached to an aromatic ring is 1. The molecule has 0 radical (unpaired) electrons. The number of carbonyl (C=O) groups is 1. The van der Waals surface area contributed by atoms with Gasteiger partial charge in [0, 0.05) is 29.2 Å². The summed E-state index contributed by atoms with van der Waals surface area (Å²) in [7, 11) is 0. The molecule has 0 aliphatic carbocycles. The number of aliphatic hydroxyl groups excluding tert-OH is 1. The third-order valence-electron chi connectivity index (χ3n) is 3.29. The molecule has 2 aromatic rings. The molecule has 23 heavy (non-hydrogen) atoms. The van der Waals surface area contributed by atoms with Crippen LogP contribution < -0.4 is 11.1 Å². The van der Waals surface area contributed by atoms with Gasteiger partial charge in [0.05, 0.1) is 11.9 Å². The molecule has 0 unspecified atom stereocenters. The highest BCUT2D eigenvalue weighted by Gasteiger charge is 2.20. The summed E-state index contributed by atoms with van der Waals surface area (Å²) < 4.78 is 0. The summed E-state index contributed by atoms with van der Waals surface area (Å²) in [5.74, 6) is -0.379. The number of aliphatic hydroxyl groups is 1. The molecule has 1 heterocycles. The highest BCUT2D eigenvalue weighted by Crippen LogP contribution is 2.22. The maximum Gasteiger partial charge on any atom is 0.273 e. The fraction of sp³-hybridized carbons (Fsp3) is 0.312. The largest absolute Gasteiger partial charge is 0.396 e. The van der Waals surface area contributed by atoms with E-state index in [4.69, 9.17) is 17.3 Å². The van der Waals surface area contributed by atoms with Gasteiger partial charge >= 0.3 is 0 Å². The van der Waals surface area contributed by atoms with Crippen LogP contribution in [0.3, 0.4) is 0 Å². The average Bonchev–Trinajstić information content (AvgIpc) is 2.53. The molecule has 0 bridgehead atoms. The lowest BCUT2D eigenvalue weighted by Gasteiger charge is -2.21. The van der Waals surface area contributed by atoms with E-state index in [-0.39, 0.29) is 18.1 Å². The lowest BCUT2D eigenvalue weighted by Crippen LogP contribution is -2.36. The maximum absolute atomic E-state index is 12.3. The molecule has 1 aromatic heterocycles. The van der Waals surface area contributed by atoms with Gasteiger partial charge in [-0.1, -0.05) is 37.6 Å². The molecule has 0 spiro atoms. The summed E-state index contributed by atoms with van der Waals surface area (Å²) in [6.07, 6.45) is 1.50. The molecule has 6 nitrogen and oxygen atoms in total. The third kappa shape index (κ3) is 4.40. The van der Waals surface area contributed by atoms with E-state index in [1.807, 2.05) is 19.9 Å². The SMILES string of the molecule is CC(C)(CO)CNC(=O)c1nc(-c2cccc(Cl)c2)cnc1N. The van der Waals surface area contributed by atoms with Gasteiger partial charge in [-0.15, -0.1) is 0 Å². The molecule has 1 aromatic carbocycles. The summed E-state index contributed by atoms with van der Waals surface area (Å²) in [5, 5.41) is 12.5. The minimum absolute atomic E-state index is 0.0446. The summed E-state index contributed by atoms with van der Waals surface area (Å²) in [6, 6.07) is 7.10. The van der Waals surface area contributed by atoms with Gasteiger partial charge in [-0.2, -0.15) is 0 Å². The topological polar surface area (TPSA) is 101 Å². The number of nitrogens with zero attached hydrogens (tertiary/aromatic N) is 2. The summed E-state index contributed by atoms with van der Waals surface area (Å²) in [6.45, 7) is 3.93. The molecule has 0 aliphatic heterocycles. The summed E-state index contributed by atoms with van der Waals surface area (Å²) in [4.78, 5) is 20.6. The van der Waals surface area contributed by atoms with E-state index in [1.165, 1.54) is 6.20 Å². The van der Waals surface area contributed by atoms with Gasteiger partial charge in [-0.3, -0.25) is 4.79 Å². The Hall–Kier alpha value is -2.18. The zero-order chi connectivity index (χ0) is 17.0. The number of amides is 1. The standard InChI is InChI=1S/C16H19ClN4O2/c1-16(2,9-22)8-20-15(23)13-14(18)19-7-12(21-13)10-4-3-5-11(17)6-10/h3-7,22H,8-9H2,1-2H3,(H2,18,19)(H,20,23). The van der Waals surface area contributed by atoms with Crippen molar-refractivity contribution in [2.24, 2.45) is 5.41 Å². The first kappa shape index (κ1) is 17.2. The highest BCUT2D eigenvalue weighted by molar-refractivity contribution is 6.30. The third-order valence-corrected chi connectivity index (χ3v) is 3.53. The predicted octanol–water partition coefficient (Wildman–Crippen LogP) is 2.13. The van der Waals surface area contributed by atoms with Crippen molar-refractivity contribution in [3.05, 3.63) is 41.2 Å². The van der Waals surface area contributed by atoms with Gasteiger partial charge < -0.3 is 16.2 Å². The maximum atomic E-state index is 12.3. The second-order valence-electron chi connectivity index (χ2n) is 6.00. The molecule has 0 aliphatic rings. The predicted molar refractivity (Wildman–Crippen MR) is 90.1 cm³/mol. The average molecular weight is 335 g/mol. The molecular weight excluding hydrogens is 316 g/mol. The van der Waals surface area contributed by atoms with Crippen LogP contribution in [0.1, 0.15) is 24.3 Å². The Morgan fingerprint density at radius 1 is 1.43 bits per heavy atom. The van der Waals surface area contributed by atoms with Crippen LogP contribution in [0.2, 0.25) is 5.02 Å². The first-order chi connectivity index (χ1) is 10.8. The minimum atomic E-state index is -0.430. The number of nitrogens with one attached hydrogen (secondary N) is 1. The van der Waals surface area contributed by atoms with E-state index >= 15 is 0 Å². The first-order valence-electron chi connectivity index (χ1n) is 7.10. The van der Waals surface area contributed by atoms with Crippen LogP contribution >= 0.6 is 11.6 Å². The smallest absolute Gasteiger partial charge is 0.273 e. The lowest BCUT2D eigenvalue weighted by atomic mass is 9.95.